The van der Waals surface area contributed by atoms with Crippen molar-refractivity contribution >= 4 is 10.1 Å². The van der Waals surface area contributed by atoms with Crippen molar-refractivity contribution in [2.75, 3.05) is 0 Å². The molecular weight excluding hydrogens is 403 g/mol. The first kappa shape index (κ1) is 25.6. The molecule has 5 nitrogen and oxygen atoms in total. The fourth-order valence-electron chi connectivity index (χ4n) is 2.98. The number of rotatable bonds is 11. The second kappa shape index (κ2) is 13.0. The smallest absolute Gasteiger partial charge is 0.872 e. The van der Waals surface area contributed by atoms with Crippen molar-refractivity contribution in [2.45, 2.75) is 63.2 Å². The quantitative estimate of drug-likeness (QED) is 0.335. The van der Waals surface area contributed by atoms with Crippen LogP contribution in [-0.2, 0) is 16.5 Å². The number of para-hydroxylation sites is 1. The van der Waals surface area contributed by atoms with Gasteiger partial charge in [0.2, 0.25) is 0 Å². The summed E-state index contributed by atoms with van der Waals surface area (Å²) in [6, 6.07) is 10.6. The molecule has 0 unspecified atom stereocenters. The molecule has 0 radical (unpaired) electrons. The van der Waals surface area contributed by atoms with E-state index < -0.39 is 15.0 Å². The number of aryl methyl sites for hydroxylation is 1. The monoisotopic (exact) mass is 430 g/mol. The van der Waals surface area contributed by atoms with E-state index in [9.17, 15) is 18.1 Å². The molecule has 0 heterocycles. The predicted molar refractivity (Wildman–Crippen MR) is 104 cm³/mol. The van der Waals surface area contributed by atoms with E-state index in [2.05, 4.69) is 6.92 Å². The van der Waals surface area contributed by atoms with Crippen LogP contribution in [0, 0.1) is 0 Å². The molecule has 148 valence electrons. The normalized spacial score (nSPS) is 11.1. The largest absolute Gasteiger partial charge is 1.00 e. The Morgan fingerprint density at radius 2 is 1.57 bits per heavy atom. The molecule has 2 aromatic carbocycles. The Hall–Kier alpha value is -0.414. The van der Waals surface area contributed by atoms with Gasteiger partial charge in [-0.15, -0.1) is 5.75 Å². The number of hydrogen-bond acceptors (Lipinski definition) is 4. The van der Waals surface area contributed by atoms with Gasteiger partial charge in [-0.1, -0.05) is 69.7 Å². The van der Waals surface area contributed by atoms with Gasteiger partial charge in [-0.3, -0.25) is 4.55 Å². The summed E-state index contributed by atoms with van der Waals surface area (Å²) in [5, 5.41) is 11.6. The summed E-state index contributed by atoms with van der Waals surface area (Å²) in [7, 11) is -4.48. The van der Waals surface area contributed by atoms with Crippen LogP contribution >= 0.6 is 0 Å². The summed E-state index contributed by atoms with van der Waals surface area (Å²) < 4.78 is 38.1. The maximum atomic E-state index is 11.6. The number of ether oxygens (including phenoxy) is 1. The van der Waals surface area contributed by atoms with Crippen molar-refractivity contribution in [1.82, 2.24) is 0 Å². The van der Waals surface area contributed by atoms with Gasteiger partial charge in [-0.25, -0.2) is 0 Å². The number of benzene rings is 2. The molecule has 0 saturated carbocycles. The van der Waals surface area contributed by atoms with Crippen LogP contribution < -0.4 is 61.2 Å². The molecule has 1 N–H and O–H groups in total. The van der Waals surface area contributed by atoms with Gasteiger partial charge >= 0.3 is 51.4 Å². The fourth-order valence-corrected chi connectivity index (χ4v) is 3.58. The minimum atomic E-state index is -4.48. The van der Waals surface area contributed by atoms with Crippen molar-refractivity contribution in [1.29, 1.82) is 0 Å². The van der Waals surface area contributed by atoms with Crippen LogP contribution in [0.25, 0.3) is 0 Å². The van der Waals surface area contributed by atoms with Crippen LogP contribution in [0.5, 0.6) is 17.2 Å². The number of hydrogen-bond donors (Lipinski definition) is 1. The molecule has 0 amide bonds. The second-order valence-electron chi connectivity index (χ2n) is 6.66. The van der Waals surface area contributed by atoms with Crippen LogP contribution in [-0.4, -0.2) is 13.0 Å². The van der Waals surface area contributed by atoms with E-state index in [-0.39, 0.29) is 62.9 Å². The molecule has 7 heteroatoms. The van der Waals surface area contributed by atoms with Crippen LogP contribution in [0.2, 0.25) is 0 Å². The first-order valence-corrected chi connectivity index (χ1v) is 10.9. The third kappa shape index (κ3) is 8.53. The van der Waals surface area contributed by atoms with Crippen LogP contribution in [0.4, 0.5) is 0 Å². The Balaban J connectivity index is 0.00000392. The standard InChI is InChI=1S/C21H28O5S.K/c1-2-3-4-5-6-7-8-11-17-12-9-10-13-19(17)26-20-16-18(22)14-15-21(20)27(23,24)25;/h9-10,12-16,22H,2-8,11H2,1H3,(H,23,24,25);/q;+1/p-1. The number of unbranched alkanes of at least 4 members (excludes halogenated alkanes) is 6. The van der Waals surface area contributed by atoms with Gasteiger partial charge in [0.05, 0.1) is 0 Å². The first-order valence-electron chi connectivity index (χ1n) is 9.46. The molecule has 0 spiro atoms. The minimum absolute atomic E-state index is 0. The first-order chi connectivity index (χ1) is 12.9. The SMILES string of the molecule is CCCCCCCCCc1ccccc1Oc1cc([O-])ccc1S(=O)(=O)O.[K+]. The molecule has 0 aliphatic rings. The zero-order chi connectivity index (χ0) is 19.7. The van der Waals surface area contributed by atoms with Crippen molar-refractivity contribution in [3.63, 3.8) is 0 Å². The van der Waals surface area contributed by atoms with Crippen molar-refractivity contribution < 1.29 is 74.2 Å². The van der Waals surface area contributed by atoms with E-state index in [0.29, 0.717) is 5.75 Å². The minimum Gasteiger partial charge on any atom is -0.872 e. The molecule has 28 heavy (non-hydrogen) atoms. The van der Waals surface area contributed by atoms with Gasteiger partial charge in [0.15, 0.2) is 0 Å². The Morgan fingerprint density at radius 1 is 0.929 bits per heavy atom. The average molecular weight is 431 g/mol. The second-order valence-corrected chi connectivity index (χ2v) is 8.05. The van der Waals surface area contributed by atoms with Crippen molar-refractivity contribution in [3.8, 4) is 17.2 Å². The Morgan fingerprint density at radius 3 is 2.25 bits per heavy atom. The summed E-state index contributed by atoms with van der Waals surface area (Å²) in [6.45, 7) is 2.20. The molecular formula is C21H27KO5S. The van der Waals surface area contributed by atoms with Crippen LogP contribution in [0.15, 0.2) is 47.4 Å². The van der Waals surface area contributed by atoms with Gasteiger partial charge in [-0.05, 0) is 36.6 Å². The van der Waals surface area contributed by atoms with Gasteiger partial charge in [0.1, 0.15) is 16.4 Å². The molecule has 0 atom stereocenters. The van der Waals surface area contributed by atoms with Crippen LogP contribution in [0.3, 0.4) is 0 Å². The van der Waals surface area contributed by atoms with Gasteiger partial charge in [0, 0.05) is 0 Å². The zero-order valence-electron chi connectivity index (χ0n) is 16.7. The summed E-state index contributed by atoms with van der Waals surface area (Å²) >= 11 is 0. The Kier molecular flexibility index (Phi) is 11.9. The molecule has 2 rings (SSSR count). The third-order valence-electron chi connectivity index (χ3n) is 4.44. The zero-order valence-corrected chi connectivity index (χ0v) is 20.6. The molecule has 0 aliphatic heterocycles. The van der Waals surface area contributed by atoms with Gasteiger partial charge in [-0.2, -0.15) is 8.42 Å². The third-order valence-corrected chi connectivity index (χ3v) is 5.33. The predicted octanol–water partition coefficient (Wildman–Crippen LogP) is 2.10. The molecule has 0 aromatic heterocycles. The molecule has 0 bridgehead atoms. The van der Waals surface area contributed by atoms with E-state index in [1.807, 2.05) is 12.1 Å². The van der Waals surface area contributed by atoms with Gasteiger partial charge in [0.25, 0.3) is 10.1 Å². The van der Waals surface area contributed by atoms with Gasteiger partial charge < -0.3 is 9.84 Å². The molecule has 0 aliphatic carbocycles. The summed E-state index contributed by atoms with van der Waals surface area (Å²) in [5.41, 5.74) is 0.948. The average Bonchev–Trinajstić information content (AvgIpc) is 2.61. The Labute approximate surface area is 210 Å². The van der Waals surface area contributed by atoms with E-state index in [0.717, 1.165) is 43.0 Å². The van der Waals surface area contributed by atoms with Crippen molar-refractivity contribution in [3.05, 3.63) is 48.0 Å². The summed E-state index contributed by atoms with van der Waals surface area (Å²) in [5.74, 6) is -0.0436. The van der Waals surface area contributed by atoms with E-state index >= 15 is 0 Å². The van der Waals surface area contributed by atoms with E-state index in [1.165, 1.54) is 32.1 Å². The van der Waals surface area contributed by atoms with E-state index in [1.54, 1.807) is 12.1 Å². The maximum absolute atomic E-state index is 11.6. The fraction of sp³-hybridized carbons (Fsp3) is 0.429. The summed E-state index contributed by atoms with van der Waals surface area (Å²) in [4.78, 5) is -0.409. The van der Waals surface area contributed by atoms with Crippen LogP contribution in [0.1, 0.15) is 57.4 Å². The Bertz CT molecular complexity index is 836. The molecule has 0 saturated heterocycles. The molecule has 2 aromatic rings. The maximum Gasteiger partial charge on any atom is 1.00 e. The molecule has 0 fully saturated rings. The topological polar surface area (TPSA) is 86.7 Å². The van der Waals surface area contributed by atoms with E-state index in [4.69, 9.17) is 4.74 Å². The summed E-state index contributed by atoms with van der Waals surface area (Å²) in [6.07, 6.45) is 9.20. The van der Waals surface area contributed by atoms with Crippen molar-refractivity contribution in [2.24, 2.45) is 0 Å².